The van der Waals surface area contributed by atoms with Crippen molar-refractivity contribution in [2.24, 2.45) is 0 Å². The van der Waals surface area contributed by atoms with E-state index in [2.05, 4.69) is 5.32 Å². The minimum Gasteiger partial charge on any atom is -0.324 e. The van der Waals surface area contributed by atoms with E-state index in [4.69, 9.17) is 11.6 Å². The van der Waals surface area contributed by atoms with E-state index in [9.17, 15) is 17.6 Å². The van der Waals surface area contributed by atoms with E-state index in [1.807, 2.05) is 0 Å². The molecule has 0 aromatic heterocycles. The van der Waals surface area contributed by atoms with Gasteiger partial charge in [-0.05, 0) is 55.0 Å². The second kappa shape index (κ2) is 7.84. The van der Waals surface area contributed by atoms with Gasteiger partial charge in [0.1, 0.15) is 11.9 Å². The Bertz CT molecular complexity index is 839. The molecule has 1 N–H and O–H groups in total. The molecule has 0 bridgehead atoms. The third kappa shape index (κ3) is 4.93. The monoisotopic (exact) mass is 384 g/mol. The molecular formula is C17H18ClFN2O3S. The number of hydrogen-bond donors (Lipinski definition) is 1. The van der Waals surface area contributed by atoms with Crippen molar-refractivity contribution in [3.05, 3.63) is 59.4 Å². The molecule has 1 atom stereocenters. The number of halogens is 2. The molecule has 1 unspecified atom stereocenters. The Kier molecular flexibility index (Phi) is 6.02. The molecule has 0 saturated carbocycles. The van der Waals surface area contributed by atoms with E-state index in [0.717, 1.165) is 10.6 Å². The van der Waals surface area contributed by atoms with Crippen molar-refractivity contribution in [1.29, 1.82) is 0 Å². The first-order valence-corrected chi connectivity index (χ1v) is 9.76. The lowest BCUT2D eigenvalue weighted by Gasteiger charge is -2.30. The first kappa shape index (κ1) is 19.2. The maximum atomic E-state index is 13.0. The van der Waals surface area contributed by atoms with Crippen molar-refractivity contribution < 1.29 is 17.6 Å². The largest absolute Gasteiger partial charge is 0.324 e. The molecule has 1 amide bonds. The summed E-state index contributed by atoms with van der Waals surface area (Å²) in [4.78, 5) is 12.6. The molecule has 0 aliphatic rings. The van der Waals surface area contributed by atoms with Gasteiger partial charge in [-0.25, -0.2) is 12.8 Å². The van der Waals surface area contributed by atoms with Crippen LogP contribution in [-0.4, -0.2) is 26.6 Å². The summed E-state index contributed by atoms with van der Waals surface area (Å²) in [5.74, 6) is -0.932. The lowest BCUT2D eigenvalue weighted by molar-refractivity contribution is -0.117. The van der Waals surface area contributed by atoms with E-state index in [1.165, 1.54) is 36.4 Å². The molecule has 2 aromatic carbocycles. The Morgan fingerprint density at radius 1 is 1.16 bits per heavy atom. The van der Waals surface area contributed by atoms with Crippen LogP contribution >= 0.6 is 11.6 Å². The minimum atomic E-state index is -3.72. The zero-order valence-corrected chi connectivity index (χ0v) is 15.3. The Hall–Kier alpha value is -2.12. The summed E-state index contributed by atoms with van der Waals surface area (Å²) < 4.78 is 38.6. The van der Waals surface area contributed by atoms with Crippen molar-refractivity contribution in [3.8, 4) is 0 Å². The van der Waals surface area contributed by atoms with Crippen LogP contribution in [0.5, 0.6) is 0 Å². The molecule has 0 aliphatic heterocycles. The fourth-order valence-electron chi connectivity index (χ4n) is 2.41. The number of nitrogens with one attached hydrogen (secondary N) is 1. The zero-order chi connectivity index (χ0) is 18.6. The molecule has 0 fully saturated rings. The third-order valence-electron chi connectivity index (χ3n) is 3.52. The van der Waals surface area contributed by atoms with Crippen LogP contribution in [0, 0.1) is 5.82 Å². The molecule has 134 valence electrons. The van der Waals surface area contributed by atoms with Crippen LogP contribution in [0.15, 0.2) is 48.5 Å². The average molecular weight is 385 g/mol. The second-order valence-corrected chi connectivity index (χ2v) is 7.75. The van der Waals surface area contributed by atoms with Crippen molar-refractivity contribution >= 4 is 38.9 Å². The molecular weight excluding hydrogens is 367 g/mol. The highest BCUT2D eigenvalue weighted by atomic mass is 35.5. The van der Waals surface area contributed by atoms with E-state index in [1.54, 1.807) is 19.1 Å². The van der Waals surface area contributed by atoms with Crippen LogP contribution in [0.2, 0.25) is 5.02 Å². The van der Waals surface area contributed by atoms with E-state index in [0.29, 0.717) is 16.4 Å². The van der Waals surface area contributed by atoms with Gasteiger partial charge in [0.25, 0.3) is 0 Å². The van der Waals surface area contributed by atoms with Crippen molar-refractivity contribution in [2.75, 3.05) is 15.9 Å². The average Bonchev–Trinajstić information content (AvgIpc) is 2.54. The van der Waals surface area contributed by atoms with E-state index >= 15 is 0 Å². The lowest BCUT2D eigenvalue weighted by atomic mass is 10.2. The van der Waals surface area contributed by atoms with Crippen LogP contribution < -0.4 is 9.62 Å². The van der Waals surface area contributed by atoms with Gasteiger partial charge in [-0.1, -0.05) is 18.5 Å². The highest BCUT2D eigenvalue weighted by molar-refractivity contribution is 7.92. The van der Waals surface area contributed by atoms with Gasteiger partial charge in [0, 0.05) is 10.7 Å². The third-order valence-corrected chi connectivity index (χ3v) is 4.95. The zero-order valence-electron chi connectivity index (χ0n) is 13.7. The summed E-state index contributed by atoms with van der Waals surface area (Å²) in [6.45, 7) is 1.71. The summed E-state index contributed by atoms with van der Waals surface area (Å²) in [7, 11) is -3.72. The number of sulfonamides is 1. The number of amides is 1. The molecule has 0 aliphatic carbocycles. The number of anilines is 2. The van der Waals surface area contributed by atoms with Crippen LogP contribution in [0.4, 0.5) is 15.8 Å². The number of benzene rings is 2. The first-order chi connectivity index (χ1) is 11.7. The smallest absolute Gasteiger partial charge is 0.248 e. The van der Waals surface area contributed by atoms with Crippen LogP contribution in [0.25, 0.3) is 0 Å². The number of nitrogens with zero attached hydrogens (tertiary/aromatic N) is 1. The Labute approximate surface area is 151 Å². The standard InChI is InChI=1S/C17H18ClFN2O3S/c1-3-16(17(22)20-14-8-6-13(19)7-9-14)21(25(2,23)24)15-10-4-12(18)5-11-15/h4-11,16H,3H2,1-2H3,(H,20,22). The fraction of sp³-hybridized carbons (Fsp3) is 0.235. The molecule has 0 spiro atoms. The number of carbonyl (C=O) groups is 1. The predicted molar refractivity (Wildman–Crippen MR) is 97.9 cm³/mol. The van der Waals surface area contributed by atoms with Crippen LogP contribution in [0.1, 0.15) is 13.3 Å². The molecule has 2 aromatic rings. The topological polar surface area (TPSA) is 66.5 Å². The molecule has 5 nitrogen and oxygen atoms in total. The number of rotatable bonds is 6. The summed E-state index contributed by atoms with van der Waals surface area (Å²) >= 11 is 5.85. The molecule has 25 heavy (non-hydrogen) atoms. The molecule has 0 heterocycles. The van der Waals surface area contributed by atoms with Gasteiger partial charge in [0.05, 0.1) is 11.9 Å². The maximum Gasteiger partial charge on any atom is 0.248 e. The van der Waals surface area contributed by atoms with Gasteiger partial charge in [-0.15, -0.1) is 0 Å². The lowest BCUT2D eigenvalue weighted by Crippen LogP contribution is -2.46. The van der Waals surface area contributed by atoms with Gasteiger partial charge >= 0.3 is 0 Å². The maximum absolute atomic E-state index is 13.0. The number of hydrogen-bond acceptors (Lipinski definition) is 3. The molecule has 2 rings (SSSR count). The Balaban J connectivity index is 2.34. The van der Waals surface area contributed by atoms with Gasteiger partial charge in [-0.3, -0.25) is 9.10 Å². The summed E-state index contributed by atoms with van der Waals surface area (Å²) in [5, 5.41) is 3.08. The molecule has 0 saturated heterocycles. The van der Waals surface area contributed by atoms with Gasteiger partial charge in [-0.2, -0.15) is 0 Å². The Morgan fingerprint density at radius 3 is 2.20 bits per heavy atom. The minimum absolute atomic E-state index is 0.253. The number of carbonyl (C=O) groups excluding carboxylic acids is 1. The SMILES string of the molecule is CCC(C(=O)Nc1ccc(F)cc1)N(c1ccc(Cl)cc1)S(C)(=O)=O. The van der Waals surface area contributed by atoms with Crippen LogP contribution in [0.3, 0.4) is 0 Å². The van der Waals surface area contributed by atoms with E-state index in [-0.39, 0.29) is 6.42 Å². The van der Waals surface area contributed by atoms with Crippen molar-refractivity contribution in [2.45, 2.75) is 19.4 Å². The Morgan fingerprint density at radius 2 is 1.72 bits per heavy atom. The predicted octanol–water partition coefficient (Wildman–Crippen LogP) is 3.66. The summed E-state index contributed by atoms with van der Waals surface area (Å²) in [5.41, 5.74) is 0.724. The van der Waals surface area contributed by atoms with Gasteiger partial charge in [0.15, 0.2) is 0 Å². The van der Waals surface area contributed by atoms with Gasteiger partial charge < -0.3 is 5.32 Å². The highest BCUT2D eigenvalue weighted by Gasteiger charge is 2.31. The summed E-state index contributed by atoms with van der Waals surface area (Å²) in [6.07, 6.45) is 1.29. The van der Waals surface area contributed by atoms with Crippen LogP contribution in [-0.2, 0) is 14.8 Å². The van der Waals surface area contributed by atoms with Gasteiger partial charge in [0.2, 0.25) is 15.9 Å². The second-order valence-electron chi connectivity index (χ2n) is 5.46. The van der Waals surface area contributed by atoms with E-state index < -0.39 is 27.8 Å². The quantitative estimate of drug-likeness (QED) is 0.826. The highest BCUT2D eigenvalue weighted by Crippen LogP contribution is 2.25. The molecule has 0 radical (unpaired) electrons. The first-order valence-electron chi connectivity index (χ1n) is 7.53. The van der Waals surface area contributed by atoms with Crippen molar-refractivity contribution in [3.63, 3.8) is 0 Å². The van der Waals surface area contributed by atoms with Crippen molar-refractivity contribution in [1.82, 2.24) is 0 Å². The summed E-state index contributed by atoms with van der Waals surface area (Å²) in [6, 6.07) is 10.5. The molecule has 8 heteroatoms. The fourth-order valence-corrected chi connectivity index (χ4v) is 3.74. The normalized spacial score (nSPS) is 12.5.